The lowest BCUT2D eigenvalue weighted by molar-refractivity contribution is -0.138. The van der Waals surface area contributed by atoms with Gasteiger partial charge in [-0.15, -0.1) is 0 Å². The van der Waals surface area contributed by atoms with Crippen LogP contribution in [0, 0.1) is 13.8 Å². The van der Waals surface area contributed by atoms with Crippen molar-refractivity contribution in [3.63, 3.8) is 0 Å². The number of hydrogen-bond acceptors (Lipinski definition) is 5. The molecule has 1 aromatic heterocycles. The number of piperazine rings is 1. The quantitative estimate of drug-likeness (QED) is 0.698. The van der Waals surface area contributed by atoms with E-state index in [0.29, 0.717) is 36.6 Å². The number of nitrogens with zero attached hydrogens (tertiary/aromatic N) is 2. The summed E-state index contributed by atoms with van der Waals surface area (Å²) in [5, 5.41) is 12.3. The Hall–Kier alpha value is -2.15. The molecule has 0 aliphatic carbocycles. The summed E-state index contributed by atoms with van der Waals surface area (Å²) in [6, 6.07) is 1.01. The summed E-state index contributed by atoms with van der Waals surface area (Å²) < 4.78 is 0. The zero-order valence-corrected chi connectivity index (χ0v) is 11.5. The number of carbonyl (C=O) groups is 2. The van der Waals surface area contributed by atoms with Crippen LogP contribution in [0.5, 0.6) is 0 Å². The summed E-state index contributed by atoms with van der Waals surface area (Å²) in [7, 11) is 0. The Morgan fingerprint density at radius 1 is 1.50 bits per heavy atom. The number of rotatable bonds is 3. The maximum absolute atomic E-state index is 11.7. The number of aromatic nitrogens is 1. The van der Waals surface area contributed by atoms with Crippen molar-refractivity contribution in [2.24, 2.45) is 5.73 Å². The zero-order valence-electron chi connectivity index (χ0n) is 11.5. The third-order valence-electron chi connectivity index (χ3n) is 3.37. The number of aryl methyl sites for hydroxylation is 2. The Morgan fingerprint density at radius 3 is 2.80 bits per heavy atom. The van der Waals surface area contributed by atoms with E-state index in [9.17, 15) is 14.7 Å². The van der Waals surface area contributed by atoms with Crippen molar-refractivity contribution in [1.29, 1.82) is 0 Å². The van der Waals surface area contributed by atoms with E-state index >= 15 is 0 Å². The third-order valence-corrected chi connectivity index (χ3v) is 3.37. The van der Waals surface area contributed by atoms with Crippen LogP contribution < -0.4 is 16.0 Å². The van der Waals surface area contributed by atoms with E-state index in [1.165, 1.54) is 0 Å². The number of pyridine rings is 1. The molecule has 4 N–H and O–H groups in total. The van der Waals surface area contributed by atoms with Crippen molar-refractivity contribution in [2.45, 2.75) is 19.9 Å². The van der Waals surface area contributed by atoms with Crippen molar-refractivity contribution in [1.82, 2.24) is 10.3 Å². The van der Waals surface area contributed by atoms with Crippen LogP contribution in [0.4, 0.5) is 5.82 Å². The van der Waals surface area contributed by atoms with Gasteiger partial charge >= 0.3 is 5.97 Å². The second kappa shape index (κ2) is 5.46. The van der Waals surface area contributed by atoms with Gasteiger partial charge in [-0.3, -0.25) is 4.79 Å². The maximum atomic E-state index is 11.7. The second-order valence-electron chi connectivity index (χ2n) is 4.89. The number of nitrogens with one attached hydrogen (secondary N) is 1. The first-order valence-corrected chi connectivity index (χ1v) is 6.40. The molecule has 0 bridgehead atoms. The highest BCUT2D eigenvalue weighted by atomic mass is 16.4. The van der Waals surface area contributed by atoms with Crippen LogP contribution in [-0.4, -0.2) is 47.6 Å². The molecule has 7 heteroatoms. The molecule has 0 spiro atoms. The molecule has 1 amide bonds. The van der Waals surface area contributed by atoms with Gasteiger partial charge in [0.15, 0.2) is 0 Å². The molecular formula is C13H18N4O3. The highest BCUT2D eigenvalue weighted by Crippen LogP contribution is 2.24. The number of primary amides is 1. The first-order valence-electron chi connectivity index (χ1n) is 6.40. The van der Waals surface area contributed by atoms with Gasteiger partial charge in [0, 0.05) is 25.3 Å². The fourth-order valence-corrected chi connectivity index (χ4v) is 2.51. The van der Waals surface area contributed by atoms with E-state index in [0.717, 1.165) is 5.69 Å². The van der Waals surface area contributed by atoms with E-state index in [1.807, 2.05) is 0 Å². The van der Waals surface area contributed by atoms with Crippen molar-refractivity contribution in [3.05, 3.63) is 22.9 Å². The number of carboxylic acid groups (broad SMARTS) is 1. The van der Waals surface area contributed by atoms with E-state index in [-0.39, 0.29) is 0 Å². The van der Waals surface area contributed by atoms with E-state index in [4.69, 9.17) is 5.73 Å². The molecule has 1 saturated heterocycles. The highest BCUT2D eigenvalue weighted by molar-refractivity contribution is 6.00. The number of amides is 1. The summed E-state index contributed by atoms with van der Waals surface area (Å²) in [4.78, 5) is 29.0. The molecule has 2 rings (SSSR count). The summed E-state index contributed by atoms with van der Waals surface area (Å²) in [6.07, 6.45) is 0. The van der Waals surface area contributed by atoms with Gasteiger partial charge in [0.05, 0.1) is 5.56 Å². The molecule has 108 valence electrons. The van der Waals surface area contributed by atoms with Gasteiger partial charge in [-0.2, -0.15) is 0 Å². The molecule has 2 heterocycles. The van der Waals surface area contributed by atoms with Crippen LogP contribution in [-0.2, 0) is 4.79 Å². The van der Waals surface area contributed by atoms with Crippen LogP contribution in [0.25, 0.3) is 0 Å². The van der Waals surface area contributed by atoms with Crippen molar-refractivity contribution in [2.75, 3.05) is 24.5 Å². The van der Waals surface area contributed by atoms with E-state index in [1.54, 1.807) is 24.8 Å². The highest BCUT2D eigenvalue weighted by Gasteiger charge is 2.32. The number of carboxylic acids is 1. The fraction of sp³-hybridized carbons (Fsp3) is 0.462. The summed E-state index contributed by atoms with van der Waals surface area (Å²) in [6.45, 7) is 4.99. The molecule has 1 unspecified atom stereocenters. The van der Waals surface area contributed by atoms with Crippen molar-refractivity contribution >= 4 is 17.7 Å². The predicted octanol–water partition coefficient (Wildman–Crippen LogP) is -0.340. The minimum absolute atomic E-state index is 0.295. The number of anilines is 1. The van der Waals surface area contributed by atoms with Gasteiger partial charge in [-0.25, -0.2) is 9.78 Å². The monoisotopic (exact) mass is 278 g/mol. The van der Waals surface area contributed by atoms with Gasteiger partial charge in [-0.1, -0.05) is 0 Å². The normalized spacial score (nSPS) is 18.9. The number of nitrogens with two attached hydrogens (primary N) is 1. The van der Waals surface area contributed by atoms with Gasteiger partial charge in [0.25, 0.3) is 5.91 Å². The molecule has 20 heavy (non-hydrogen) atoms. The Kier molecular flexibility index (Phi) is 3.89. The molecule has 0 saturated carbocycles. The second-order valence-corrected chi connectivity index (χ2v) is 4.89. The smallest absolute Gasteiger partial charge is 0.327 e. The van der Waals surface area contributed by atoms with Crippen LogP contribution in [0.3, 0.4) is 0 Å². The van der Waals surface area contributed by atoms with Gasteiger partial charge < -0.3 is 21.1 Å². The van der Waals surface area contributed by atoms with Gasteiger partial charge in [-0.05, 0) is 25.5 Å². The molecule has 7 nitrogen and oxygen atoms in total. The fourth-order valence-electron chi connectivity index (χ4n) is 2.51. The summed E-state index contributed by atoms with van der Waals surface area (Å²) >= 11 is 0. The Balaban J connectivity index is 2.54. The van der Waals surface area contributed by atoms with Crippen LogP contribution in [0.15, 0.2) is 6.07 Å². The number of aliphatic carboxylic acids is 1. The van der Waals surface area contributed by atoms with Crippen LogP contribution >= 0.6 is 0 Å². The van der Waals surface area contributed by atoms with E-state index < -0.39 is 17.9 Å². The third kappa shape index (κ3) is 2.57. The lowest BCUT2D eigenvalue weighted by Gasteiger charge is -2.35. The maximum Gasteiger partial charge on any atom is 0.327 e. The molecule has 0 aromatic carbocycles. The number of hydrogen-bond donors (Lipinski definition) is 3. The minimum Gasteiger partial charge on any atom is -0.480 e. The zero-order chi connectivity index (χ0) is 14.9. The van der Waals surface area contributed by atoms with Crippen LogP contribution in [0.2, 0.25) is 0 Å². The first kappa shape index (κ1) is 14.3. The largest absolute Gasteiger partial charge is 0.480 e. The van der Waals surface area contributed by atoms with Gasteiger partial charge in [0.1, 0.15) is 11.9 Å². The standard InChI is InChI=1S/C13H18N4O3/c1-7-5-8(2)16-12(10(7)11(14)18)17-4-3-15-6-9(17)13(19)20/h5,9,15H,3-4,6H2,1-2H3,(H2,14,18)(H,19,20). The average Bonchev–Trinajstić information content (AvgIpc) is 2.37. The van der Waals surface area contributed by atoms with Crippen molar-refractivity contribution in [3.8, 4) is 0 Å². The predicted molar refractivity (Wildman–Crippen MR) is 73.9 cm³/mol. The topological polar surface area (TPSA) is 109 Å². The Bertz CT molecular complexity index is 559. The van der Waals surface area contributed by atoms with E-state index in [2.05, 4.69) is 10.3 Å². The summed E-state index contributed by atoms with van der Waals surface area (Å²) in [5.41, 5.74) is 7.16. The first-order chi connectivity index (χ1) is 9.41. The minimum atomic E-state index is -0.950. The summed E-state index contributed by atoms with van der Waals surface area (Å²) in [5.74, 6) is -1.18. The van der Waals surface area contributed by atoms with Crippen LogP contribution in [0.1, 0.15) is 21.6 Å². The molecule has 0 radical (unpaired) electrons. The number of carbonyl (C=O) groups excluding carboxylic acids is 1. The SMILES string of the molecule is Cc1cc(C)c(C(N)=O)c(N2CCNCC2C(=O)O)n1. The van der Waals surface area contributed by atoms with Crippen molar-refractivity contribution < 1.29 is 14.7 Å². The lowest BCUT2D eigenvalue weighted by atomic mass is 10.1. The molecule has 1 aliphatic heterocycles. The molecule has 1 aliphatic rings. The molecule has 1 aromatic rings. The lowest BCUT2D eigenvalue weighted by Crippen LogP contribution is -2.56. The Morgan fingerprint density at radius 2 is 2.20 bits per heavy atom. The molecular weight excluding hydrogens is 260 g/mol. The molecule has 1 atom stereocenters. The Labute approximate surface area is 116 Å². The molecule has 1 fully saturated rings. The van der Waals surface area contributed by atoms with Gasteiger partial charge in [0.2, 0.25) is 0 Å². The average molecular weight is 278 g/mol.